The molecule has 0 heterocycles. The zero-order chi connectivity index (χ0) is 7.82. The molecule has 0 aromatic heterocycles. The molecule has 4 heteroatoms. The minimum atomic E-state index is -0.128. The van der Waals surface area contributed by atoms with Gasteiger partial charge in [-0.25, -0.2) is 0 Å². The second kappa shape index (κ2) is 10.1. The van der Waals surface area contributed by atoms with Gasteiger partial charge >= 0.3 is 5.97 Å². The molecule has 0 aromatic carbocycles. The number of rotatable bonds is 5. The van der Waals surface area contributed by atoms with E-state index in [1.165, 1.54) is 7.11 Å². The van der Waals surface area contributed by atoms with E-state index in [9.17, 15) is 4.79 Å². The van der Waals surface area contributed by atoms with Gasteiger partial charge in [-0.15, -0.1) is 0 Å². The Hall–Kier alpha value is 0.0923. The minimum absolute atomic E-state index is 0. The van der Waals surface area contributed by atoms with Gasteiger partial charge in [0.2, 0.25) is 0 Å². The zero-order valence-electron chi connectivity index (χ0n) is 6.75. The zero-order valence-corrected chi connectivity index (χ0v) is 8.30. The third-order valence-corrected chi connectivity index (χ3v) is 1.31. The maximum atomic E-state index is 10.5. The first-order valence-corrected chi connectivity index (χ1v) is 3.58. The first-order chi connectivity index (χ1) is 4.81. The number of carbonyl (C=O) groups excluding carboxylic acids is 1. The molecule has 0 aromatic rings. The fourth-order valence-electron chi connectivity index (χ4n) is 0.693. The monoisotopic (exact) mass is 251 g/mol. The Morgan fingerprint density at radius 3 is 2.45 bits per heavy atom. The molecule has 0 atom stereocenters. The third kappa shape index (κ3) is 10.1. The maximum Gasteiger partial charge on any atom is 0.305 e. The van der Waals surface area contributed by atoms with Crippen molar-refractivity contribution in [3.8, 4) is 0 Å². The Balaban J connectivity index is 0. The summed E-state index contributed by atoms with van der Waals surface area (Å²) < 4.78 is 4.46. The topological polar surface area (TPSA) is 52.3 Å². The van der Waals surface area contributed by atoms with Crippen LogP contribution in [0.25, 0.3) is 0 Å². The quantitative estimate of drug-likeness (QED) is 0.444. The molecule has 3 nitrogen and oxygen atoms in total. The second-order valence-electron chi connectivity index (χ2n) is 2.18. The van der Waals surface area contributed by atoms with Crippen LogP contribution in [0.5, 0.6) is 0 Å². The van der Waals surface area contributed by atoms with Crippen molar-refractivity contribution in [3.63, 3.8) is 0 Å². The predicted octanol–water partition coefficient (Wildman–Crippen LogP) is 0.676. The van der Waals surface area contributed by atoms with E-state index in [4.69, 9.17) is 5.73 Å². The fourth-order valence-corrected chi connectivity index (χ4v) is 0.693. The predicted molar refractivity (Wildman–Crippen MR) is 39.5 cm³/mol. The van der Waals surface area contributed by atoms with E-state index in [2.05, 4.69) is 4.74 Å². The SMILES string of the molecule is COC(=O)CCCCCN.[Pd]. The van der Waals surface area contributed by atoms with Gasteiger partial charge in [0.15, 0.2) is 0 Å². The van der Waals surface area contributed by atoms with Crippen LogP contribution in [0.2, 0.25) is 0 Å². The molecular weight excluding hydrogens is 237 g/mol. The Morgan fingerprint density at radius 1 is 1.36 bits per heavy atom. The number of hydrogen-bond acceptors (Lipinski definition) is 3. The van der Waals surface area contributed by atoms with Crippen molar-refractivity contribution in [2.45, 2.75) is 25.7 Å². The Kier molecular flexibility index (Phi) is 12.5. The van der Waals surface area contributed by atoms with E-state index in [1.54, 1.807) is 0 Å². The normalized spacial score (nSPS) is 8.55. The van der Waals surface area contributed by atoms with Gasteiger partial charge in [-0.1, -0.05) is 6.42 Å². The third-order valence-electron chi connectivity index (χ3n) is 1.31. The van der Waals surface area contributed by atoms with Crippen LogP contribution in [0.4, 0.5) is 0 Å². The molecule has 0 aliphatic carbocycles. The molecule has 2 N–H and O–H groups in total. The van der Waals surface area contributed by atoms with Crippen molar-refractivity contribution in [2.75, 3.05) is 13.7 Å². The summed E-state index contributed by atoms with van der Waals surface area (Å²) in [6.07, 6.45) is 3.43. The molecule has 0 spiro atoms. The van der Waals surface area contributed by atoms with E-state index in [1.807, 2.05) is 0 Å². The summed E-state index contributed by atoms with van der Waals surface area (Å²) in [5.41, 5.74) is 5.26. The van der Waals surface area contributed by atoms with Crippen LogP contribution in [0.3, 0.4) is 0 Å². The number of esters is 1. The number of unbranched alkanes of at least 4 members (excludes halogenated alkanes) is 2. The number of hydrogen-bond donors (Lipinski definition) is 1. The molecule has 0 unspecified atom stereocenters. The molecule has 0 saturated heterocycles. The molecule has 0 amide bonds. The summed E-state index contributed by atoms with van der Waals surface area (Å²) in [6.45, 7) is 0.709. The number of nitrogens with two attached hydrogens (primary N) is 1. The summed E-state index contributed by atoms with van der Waals surface area (Å²) >= 11 is 0. The van der Waals surface area contributed by atoms with Gasteiger partial charge in [-0.2, -0.15) is 0 Å². The molecule has 0 aliphatic rings. The van der Waals surface area contributed by atoms with Gasteiger partial charge < -0.3 is 10.5 Å². The van der Waals surface area contributed by atoms with Gasteiger partial charge in [0.25, 0.3) is 0 Å². The first kappa shape index (κ1) is 13.7. The van der Waals surface area contributed by atoms with Crippen LogP contribution < -0.4 is 5.73 Å². The molecule has 0 rings (SSSR count). The fraction of sp³-hybridized carbons (Fsp3) is 0.857. The molecule has 0 fully saturated rings. The van der Waals surface area contributed by atoms with Crippen LogP contribution in [0, 0.1) is 0 Å². The molecule has 0 aliphatic heterocycles. The van der Waals surface area contributed by atoms with Gasteiger partial charge in [-0.05, 0) is 19.4 Å². The Bertz CT molecular complexity index is 98.4. The summed E-state index contributed by atoms with van der Waals surface area (Å²) in [5.74, 6) is -0.128. The number of ether oxygens (including phenoxy) is 1. The summed E-state index contributed by atoms with van der Waals surface area (Å²) in [7, 11) is 1.41. The van der Waals surface area contributed by atoms with Crippen molar-refractivity contribution in [3.05, 3.63) is 0 Å². The molecule has 0 radical (unpaired) electrons. The van der Waals surface area contributed by atoms with Crippen molar-refractivity contribution in [2.24, 2.45) is 5.73 Å². The molecule has 0 bridgehead atoms. The standard InChI is InChI=1S/C7H15NO2.Pd/c1-10-7(9)5-3-2-4-6-8;/h2-6,8H2,1H3;. The summed E-state index contributed by atoms with van der Waals surface area (Å²) in [6, 6.07) is 0. The summed E-state index contributed by atoms with van der Waals surface area (Å²) in [5, 5.41) is 0. The van der Waals surface area contributed by atoms with E-state index in [0.29, 0.717) is 13.0 Å². The largest absolute Gasteiger partial charge is 0.469 e. The first-order valence-electron chi connectivity index (χ1n) is 3.58. The molecular formula is C7H15NO2Pd. The smallest absolute Gasteiger partial charge is 0.305 e. The van der Waals surface area contributed by atoms with Crippen molar-refractivity contribution >= 4 is 5.97 Å². The van der Waals surface area contributed by atoms with E-state index < -0.39 is 0 Å². The molecule has 0 saturated carbocycles. The number of methoxy groups -OCH3 is 1. The van der Waals surface area contributed by atoms with Gasteiger partial charge in [0.05, 0.1) is 7.11 Å². The van der Waals surface area contributed by atoms with Gasteiger partial charge in [0, 0.05) is 26.8 Å². The van der Waals surface area contributed by atoms with E-state index in [0.717, 1.165) is 19.3 Å². The van der Waals surface area contributed by atoms with Crippen molar-refractivity contribution in [1.29, 1.82) is 0 Å². The van der Waals surface area contributed by atoms with Crippen LogP contribution in [-0.4, -0.2) is 19.6 Å². The van der Waals surface area contributed by atoms with Crippen LogP contribution in [-0.2, 0) is 30.0 Å². The maximum absolute atomic E-state index is 10.5. The van der Waals surface area contributed by atoms with E-state index in [-0.39, 0.29) is 26.4 Å². The number of carbonyl (C=O) groups is 1. The van der Waals surface area contributed by atoms with Crippen LogP contribution >= 0.6 is 0 Å². The summed E-state index contributed by atoms with van der Waals surface area (Å²) in [4.78, 5) is 10.5. The Morgan fingerprint density at radius 2 is 2.00 bits per heavy atom. The Labute approximate surface area is 81.3 Å². The molecule has 11 heavy (non-hydrogen) atoms. The van der Waals surface area contributed by atoms with Gasteiger partial charge in [0.1, 0.15) is 0 Å². The van der Waals surface area contributed by atoms with Crippen molar-refractivity contribution < 1.29 is 30.0 Å². The minimum Gasteiger partial charge on any atom is -0.469 e. The second-order valence-corrected chi connectivity index (χ2v) is 2.18. The van der Waals surface area contributed by atoms with Crippen LogP contribution in [0.1, 0.15) is 25.7 Å². The average molecular weight is 252 g/mol. The average Bonchev–Trinajstić information content (AvgIpc) is 1.98. The van der Waals surface area contributed by atoms with E-state index >= 15 is 0 Å². The van der Waals surface area contributed by atoms with Crippen molar-refractivity contribution in [1.82, 2.24) is 0 Å². The van der Waals surface area contributed by atoms with Crippen LogP contribution in [0.15, 0.2) is 0 Å². The van der Waals surface area contributed by atoms with Gasteiger partial charge in [-0.3, -0.25) is 4.79 Å². The molecule has 70 valence electrons.